The summed E-state index contributed by atoms with van der Waals surface area (Å²) >= 11 is 0. The third-order valence-electron chi connectivity index (χ3n) is 7.83. The van der Waals surface area contributed by atoms with Crippen molar-refractivity contribution >= 4 is 5.91 Å². The molecule has 3 aromatic rings. The number of hydrogen-bond donors (Lipinski definition) is 1. The van der Waals surface area contributed by atoms with Gasteiger partial charge in [0.05, 0.1) is 6.61 Å². The normalized spacial score (nSPS) is 24.4. The van der Waals surface area contributed by atoms with Gasteiger partial charge in [-0.3, -0.25) is 4.79 Å². The van der Waals surface area contributed by atoms with Crippen LogP contribution in [-0.2, 0) is 29.3 Å². The van der Waals surface area contributed by atoms with E-state index in [9.17, 15) is 9.90 Å². The average molecular weight is 546 g/mol. The Hall–Kier alpha value is -3.07. The first-order valence-corrected chi connectivity index (χ1v) is 14.1. The standard InChI is InChI=1S/C33H39NO6/c1-5-34(6-2)31(36)27(35)29-30-28(39-32(3,4)40-30)26(38-29)22-37-33(23-16-10-7-11-17-23,24-18-12-8-13-19-24)25-20-14-9-15-21-25/h7-21,26-30,35H,5-6,22H2,1-4H3/t26-,27+,28-,29-,30-/m1/s1. The van der Waals surface area contributed by atoms with Crippen LogP contribution in [0.3, 0.4) is 0 Å². The summed E-state index contributed by atoms with van der Waals surface area (Å²) in [7, 11) is 0. The number of aliphatic hydroxyl groups is 1. The van der Waals surface area contributed by atoms with Crippen molar-refractivity contribution in [1.29, 1.82) is 0 Å². The zero-order chi connectivity index (χ0) is 28.3. The van der Waals surface area contributed by atoms with Gasteiger partial charge in [0.25, 0.3) is 5.91 Å². The molecule has 2 saturated heterocycles. The van der Waals surface area contributed by atoms with Crippen LogP contribution in [0.1, 0.15) is 44.4 Å². The summed E-state index contributed by atoms with van der Waals surface area (Å²) in [6, 6.07) is 30.3. The Morgan fingerprint density at radius 1 is 0.850 bits per heavy atom. The summed E-state index contributed by atoms with van der Waals surface area (Å²) in [5.74, 6) is -1.26. The highest BCUT2D eigenvalue weighted by molar-refractivity contribution is 5.81. The predicted molar refractivity (Wildman–Crippen MR) is 152 cm³/mol. The summed E-state index contributed by atoms with van der Waals surface area (Å²) in [6.45, 7) is 8.58. The van der Waals surface area contributed by atoms with Crippen molar-refractivity contribution in [3.8, 4) is 0 Å². The molecule has 40 heavy (non-hydrogen) atoms. The van der Waals surface area contributed by atoms with Crippen molar-refractivity contribution in [3.63, 3.8) is 0 Å². The van der Waals surface area contributed by atoms with Gasteiger partial charge in [-0.05, 0) is 44.4 Å². The minimum Gasteiger partial charge on any atom is -0.380 e. The molecule has 0 saturated carbocycles. The minimum absolute atomic E-state index is 0.141. The molecule has 5 atom stereocenters. The summed E-state index contributed by atoms with van der Waals surface area (Å²) in [5, 5.41) is 11.2. The second-order valence-electron chi connectivity index (χ2n) is 10.7. The third-order valence-corrected chi connectivity index (χ3v) is 7.83. The summed E-state index contributed by atoms with van der Waals surface area (Å²) in [6.07, 6.45) is -3.96. The first kappa shape index (κ1) is 28.5. The largest absolute Gasteiger partial charge is 0.380 e. The van der Waals surface area contributed by atoms with E-state index in [0.29, 0.717) is 13.1 Å². The number of amides is 1. The van der Waals surface area contributed by atoms with Gasteiger partial charge in [0, 0.05) is 13.1 Å². The van der Waals surface area contributed by atoms with Gasteiger partial charge in [-0.2, -0.15) is 0 Å². The highest BCUT2D eigenvalue weighted by atomic mass is 16.8. The van der Waals surface area contributed by atoms with E-state index in [4.69, 9.17) is 18.9 Å². The quantitative estimate of drug-likeness (QED) is 0.378. The Morgan fingerprint density at radius 3 is 1.75 bits per heavy atom. The maximum absolute atomic E-state index is 13.1. The van der Waals surface area contributed by atoms with Crippen molar-refractivity contribution in [3.05, 3.63) is 108 Å². The zero-order valence-electron chi connectivity index (χ0n) is 23.6. The number of benzene rings is 3. The Bertz CT molecular complexity index is 1150. The van der Waals surface area contributed by atoms with Gasteiger partial charge in [0.15, 0.2) is 11.9 Å². The highest BCUT2D eigenvalue weighted by Gasteiger charge is 2.58. The second-order valence-corrected chi connectivity index (χ2v) is 10.7. The van der Waals surface area contributed by atoms with E-state index >= 15 is 0 Å². The number of hydrogen-bond acceptors (Lipinski definition) is 6. The van der Waals surface area contributed by atoms with Crippen LogP contribution in [0.25, 0.3) is 0 Å². The molecular weight excluding hydrogens is 506 g/mol. The van der Waals surface area contributed by atoms with Gasteiger partial charge in [-0.1, -0.05) is 91.0 Å². The van der Waals surface area contributed by atoms with Gasteiger partial charge >= 0.3 is 0 Å². The van der Waals surface area contributed by atoms with Gasteiger partial charge in [0.2, 0.25) is 0 Å². The number of aliphatic hydroxyl groups excluding tert-OH is 1. The van der Waals surface area contributed by atoms with Crippen LogP contribution < -0.4 is 0 Å². The molecule has 3 aromatic carbocycles. The maximum Gasteiger partial charge on any atom is 0.254 e. The summed E-state index contributed by atoms with van der Waals surface area (Å²) in [5.41, 5.74) is 1.98. The SMILES string of the molecule is CCN(CC)C(=O)[C@@H](O)[C@H]1O[C@H](COC(c2ccccc2)(c2ccccc2)c2ccccc2)[C@H]2OC(C)(C)O[C@@H]12. The van der Waals surface area contributed by atoms with Crippen LogP contribution in [0.4, 0.5) is 0 Å². The molecule has 212 valence electrons. The summed E-state index contributed by atoms with van der Waals surface area (Å²) in [4.78, 5) is 14.7. The van der Waals surface area contributed by atoms with Crippen LogP contribution in [0.2, 0.25) is 0 Å². The molecule has 0 aliphatic carbocycles. The molecule has 0 bridgehead atoms. The minimum atomic E-state index is -1.38. The van der Waals surface area contributed by atoms with Gasteiger partial charge in [-0.25, -0.2) is 0 Å². The molecule has 2 aliphatic rings. The van der Waals surface area contributed by atoms with Crippen LogP contribution >= 0.6 is 0 Å². The molecule has 7 nitrogen and oxygen atoms in total. The van der Waals surface area contributed by atoms with Crippen molar-refractivity contribution in [2.45, 2.75) is 69.6 Å². The van der Waals surface area contributed by atoms with E-state index in [0.717, 1.165) is 16.7 Å². The number of nitrogens with zero attached hydrogens (tertiary/aromatic N) is 1. The first-order valence-electron chi connectivity index (χ1n) is 14.1. The van der Waals surface area contributed by atoms with Gasteiger partial charge in [-0.15, -0.1) is 0 Å². The summed E-state index contributed by atoms with van der Waals surface area (Å²) < 4.78 is 25.8. The van der Waals surface area contributed by atoms with Crippen LogP contribution in [-0.4, -0.2) is 71.9 Å². The number of rotatable bonds is 10. The highest BCUT2D eigenvalue weighted by Crippen LogP contribution is 2.44. The van der Waals surface area contributed by atoms with Crippen molar-refractivity contribution in [2.24, 2.45) is 0 Å². The monoisotopic (exact) mass is 545 g/mol. The fourth-order valence-corrected chi connectivity index (χ4v) is 5.94. The van der Waals surface area contributed by atoms with E-state index in [1.807, 2.05) is 82.3 Å². The van der Waals surface area contributed by atoms with Crippen LogP contribution in [0.15, 0.2) is 91.0 Å². The number of ether oxygens (including phenoxy) is 4. The lowest BCUT2D eigenvalue weighted by molar-refractivity contribution is -0.207. The lowest BCUT2D eigenvalue weighted by Gasteiger charge is -2.37. The Labute approximate surface area is 236 Å². The Kier molecular flexibility index (Phi) is 8.40. The number of likely N-dealkylation sites (N-methyl/N-ethyl adjacent to an activating group) is 1. The number of fused-ring (bicyclic) bond motifs is 1. The van der Waals surface area contributed by atoms with E-state index in [1.165, 1.54) is 0 Å². The maximum atomic E-state index is 13.1. The Balaban J connectivity index is 1.50. The van der Waals surface area contributed by atoms with Gasteiger partial charge < -0.3 is 29.0 Å². The first-order chi connectivity index (χ1) is 19.3. The van der Waals surface area contributed by atoms with Crippen LogP contribution in [0, 0.1) is 0 Å². The molecule has 1 amide bonds. The van der Waals surface area contributed by atoms with Crippen molar-refractivity contribution in [2.75, 3.05) is 19.7 Å². The van der Waals surface area contributed by atoms with Gasteiger partial charge in [0.1, 0.15) is 30.0 Å². The fraction of sp³-hybridized carbons (Fsp3) is 0.424. The molecule has 1 N–H and O–H groups in total. The zero-order valence-corrected chi connectivity index (χ0v) is 23.6. The smallest absolute Gasteiger partial charge is 0.254 e. The van der Waals surface area contributed by atoms with E-state index in [1.54, 1.807) is 4.90 Å². The number of carbonyl (C=O) groups excluding carboxylic acids is 1. The van der Waals surface area contributed by atoms with E-state index < -0.39 is 41.9 Å². The third kappa shape index (κ3) is 5.32. The topological polar surface area (TPSA) is 77.5 Å². The Morgan fingerprint density at radius 2 is 1.30 bits per heavy atom. The molecule has 0 spiro atoms. The molecule has 2 fully saturated rings. The molecule has 2 aliphatic heterocycles. The van der Waals surface area contributed by atoms with E-state index in [2.05, 4.69) is 36.4 Å². The molecule has 5 rings (SSSR count). The predicted octanol–water partition coefficient (Wildman–Crippen LogP) is 4.51. The molecule has 0 radical (unpaired) electrons. The fourth-order valence-electron chi connectivity index (χ4n) is 5.94. The van der Waals surface area contributed by atoms with E-state index in [-0.39, 0.29) is 12.5 Å². The molecule has 0 aromatic heterocycles. The lowest BCUT2D eigenvalue weighted by Crippen LogP contribution is -2.49. The van der Waals surface area contributed by atoms with Crippen molar-refractivity contribution < 1.29 is 28.8 Å². The average Bonchev–Trinajstić information content (AvgIpc) is 3.48. The number of carbonyl (C=O) groups is 1. The van der Waals surface area contributed by atoms with Crippen molar-refractivity contribution in [1.82, 2.24) is 4.90 Å². The lowest BCUT2D eigenvalue weighted by atomic mass is 9.80. The molecule has 7 heteroatoms. The molecule has 0 unspecified atom stereocenters. The molecule has 2 heterocycles. The van der Waals surface area contributed by atoms with Crippen LogP contribution in [0.5, 0.6) is 0 Å². The second kappa shape index (κ2) is 11.8. The molecular formula is C33H39NO6.